The predicted octanol–water partition coefficient (Wildman–Crippen LogP) is 2.30. The van der Waals surface area contributed by atoms with Crippen LogP contribution in [0.15, 0.2) is 18.2 Å². The van der Waals surface area contributed by atoms with E-state index in [0.717, 1.165) is 30.7 Å². The van der Waals surface area contributed by atoms with E-state index in [9.17, 15) is 4.79 Å². The van der Waals surface area contributed by atoms with Crippen LogP contribution in [0.25, 0.3) is 11.0 Å². The van der Waals surface area contributed by atoms with Crippen LogP contribution >= 0.6 is 0 Å². The summed E-state index contributed by atoms with van der Waals surface area (Å²) in [5.74, 6) is 0.991. The van der Waals surface area contributed by atoms with E-state index < -0.39 is 5.91 Å². The first-order valence-electron chi connectivity index (χ1n) is 7.71. The molecule has 2 aromatic rings. The van der Waals surface area contributed by atoms with Crippen LogP contribution in [0.2, 0.25) is 0 Å². The lowest BCUT2D eigenvalue weighted by molar-refractivity contribution is 0.100. The van der Waals surface area contributed by atoms with Gasteiger partial charge in [-0.15, -0.1) is 0 Å². The standard InChI is InChI=1S/C16H22N4O/c1-2-18-11-6-3-5-10(9-11)16-19-13-8-4-7-12(15(17)21)14(13)20-16/h4,7-8,10-11,18H,2-3,5-6,9H2,1H3,(H2,17,21)(H,19,20). The highest BCUT2D eigenvalue weighted by atomic mass is 16.1. The number of aromatic amines is 1. The Hall–Kier alpha value is -1.88. The SMILES string of the molecule is CCNC1CCCC(c2nc3c(C(N)=O)cccc3[nH]2)C1. The highest BCUT2D eigenvalue weighted by molar-refractivity contribution is 6.04. The number of nitrogens with two attached hydrogens (primary N) is 1. The molecular formula is C16H22N4O. The molecule has 1 aromatic carbocycles. The Morgan fingerprint density at radius 2 is 2.33 bits per heavy atom. The van der Waals surface area contributed by atoms with Crippen molar-refractivity contribution in [2.75, 3.05) is 6.54 Å². The van der Waals surface area contributed by atoms with E-state index in [4.69, 9.17) is 5.73 Å². The molecule has 1 fully saturated rings. The third kappa shape index (κ3) is 2.78. The summed E-state index contributed by atoms with van der Waals surface area (Å²) in [6.45, 7) is 3.15. The number of hydrogen-bond acceptors (Lipinski definition) is 3. The molecule has 1 aliphatic carbocycles. The molecule has 1 aliphatic rings. The molecule has 0 radical (unpaired) electrons. The van der Waals surface area contributed by atoms with E-state index in [1.807, 2.05) is 12.1 Å². The third-order valence-corrected chi connectivity index (χ3v) is 4.35. The van der Waals surface area contributed by atoms with E-state index in [0.29, 0.717) is 23.0 Å². The number of H-pyrrole nitrogens is 1. The number of carbonyl (C=O) groups is 1. The van der Waals surface area contributed by atoms with Crippen LogP contribution in [0, 0.1) is 0 Å². The Labute approximate surface area is 124 Å². The molecule has 0 saturated heterocycles. The van der Waals surface area contributed by atoms with Crippen LogP contribution in [0.1, 0.15) is 54.7 Å². The number of amides is 1. The van der Waals surface area contributed by atoms with Crippen LogP contribution in [-0.4, -0.2) is 28.5 Å². The smallest absolute Gasteiger partial charge is 0.250 e. The van der Waals surface area contributed by atoms with Gasteiger partial charge in [-0.2, -0.15) is 0 Å². The molecule has 3 rings (SSSR count). The van der Waals surface area contributed by atoms with Crippen LogP contribution in [0.5, 0.6) is 0 Å². The van der Waals surface area contributed by atoms with Gasteiger partial charge in [-0.1, -0.05) is 19.4 Å². The van der Waals surface area contributed by atoms with Crippen molar-refractivity contribution in [3.63, 3.8) is 0 Å². The average molecular weight is 286 g/mol. The van der Waals surface area contributed by atoms with Crippen molar-refractivity contribution in [3.8, 4) is 0 Å². The minimum Gasteiger partial charge on any atom is -0.366 e. The van der Waals surface area contributed by atoms with Gasteiger partial charge in [-0.25, -0.2) is 4.98 Å². The lowest BCUT2D eigenvalue weighted by Gasteiger charge is -2.28. The van der Waals surface area contributed by atoms with Gasteiger partial charge < -0.3 is 16.0 Å². The number of nitrogens with one attached hydrogen (secondary N) is 2. The molecule has 1 amide bonds. The summed E-state index contributed by atoms with van der Waals surface area (Å²) in [6.07, 6.45) is 4.69. The second kappa shape index (κ2) is 5.85. The van der Waals surface area contributed by atoms with Gasteiger partial charge in [0.15, 0.2) is 0 Å². The molecule has 21 heavy (non-hydrogen) atoms. The van der Waals surface area contributed by atoms with Crippen LogP contribution in [-0.2, 0) is 0 Å². The van der Waals surface area contributed by atoms with Gasteiger partial charge >= 0.3 is 0 Å². The maximum absolute atomic E-state index is 11.5. The van der Waals surface area contributed by atoms with Crippen molar-refractivity contribution >= 4 is 16.9 Å². The summed E-state index contributed by atoms with van der Waals surface area (Å²) in [4.78, 5) is 19.5. The third-order valence-electron chi connectivity index (χ3n) is 4.35. The number of nitrogens with zero attached hydrogens (tertiary/aromatic N) is 1. The van der Waals surface area contributed by atoms with Crippen LogP contribution in [0.4, 0.5) is 0 Å². The molecule has 1 heterocycles. The molecule has 4 N–H and O–H groups in total. The number of rotatable bonds is 4. The molecule has 112 valence electrons. The molecule has 1 aromatic heterocycles. The topological polar surface area (TPSA) is 83.8 Å². The first kappa shape index (κ1) is 14.1. The van der Waals surface area contributed by atoms with Crippen molar-refractivity contribution in [2.45, 2.75) is 44.6 Å². The Morgan fingerprint density at radius 1 is 1.48 bits per heavy atom. The van der Waals surface area contributed by atoms with Gasteiger partial charge in [0.25, 0.3) is 5.91 Å². The molecule has 1 saturated carbocycles. The molecule has 2 unspecified atom stereocenters. The van der Waals surface area contributed by atoms with Gasteiger partial charge in [-0.3, -0.25) is 4.79 Å². The molecule has 5 nitrogen and oxygen atoms in total. The zero-order valence-corrected chi connectivity index (χ0v) is 12.4. The number of imidazole rings is 1. The number of fused-ring (bicyclic) bond motifs is 1. The zero-order chi connectivity index (χ0) is 14.8. The second-order valence-corrected chi connectivity index (χ2v) is 5.81. The quantitative estimate of drug-likeness (QED) is 0.806. The van der Waals surface area contributed by atoms with Crippen molar-refractivity contribution in [1.29, 1.82) is 0 Å². The summed E-state index contributed by atoms with van der Waals surface area (Å²) in [7, 11) is 0. The van der Waals surface area contributed by atoms with E-state index in [1.165, 1.54) is 12.8 Å². The second-order valence-electron chi connectivity index (χ2n) is 5.81. The minimum atomic E-state index is -0.423. The first-order valence-corrected chi connectivity index (χ1v) is 7.71. The molecule has 2 atom stereocenters. The summed E-state index contributed by atoms with van der Waals surface area (Å²) >= 11 is 0. The molecule has 0 bridgehead atoms. The summed E-state index contributed by atoms with van der Waals surface area (Å²) in [5, 5.41) is 3.53. The molecular weight excluding hydrogens is 264 g/mol. The van der Waals surface area contributed by atoms with Gasteiger partial charge in [0.2, 0.25) is 0 Å². The predicted molar refractivity (Wildman–Crippen MR) is 83.3 cm³/mol. The lowest BCUT2D eigenvalue weighted by Crippen LogP contribution is -2.33. The number of primary amides is 1. The Bertz CT molecular complexity index is 647. The van der Waals surface area contributed by atoms with E-state index in [1.54, 1.807) is 6.07 Å². The van der Waals surface area contributed by atoms with Gasteiger partial charge in [0.1, 0.15) is 11.3 Å². The van der Waals surface area contributed by atoms with Crippen molar-refractivity contribution < 1.29 is 4.79 Å². The summed E-state index contributed by atoms with van der Waals surface area (Å²) in [5.41, 5.74) is 7.52. The van der Waals surface area contributed by atoms with Crippen molar-refractivity contribution in [1.82, 2.24) is 15.3 Å². The highest BCUT2D eigenvalue weighted by Crippen LogP contribution is 2.32. The fraction of sp³-hybridized carbons (Fsp3) is 0.500. The Balaban J connectivity index is 1.90. The first-order chi connectivity index (χ1) is 10.2. The number of carbonyl (C=O) groups excluding carboxylic acids is 1. The largest absolute Gasteiger partial charge is 0.366 e. The summed E-state index contributed by atoms with van der Waals surface area (Å²) in [6, 6.07) is 6.09. The van der Waals surface area contributed by atoms with Crippen molar-refractivity contribution in [2.24, 2.45) is 5.73 Å². The van der Waals surface area contributed by atoms with Crippen molar-refractivity contribution in [3.05, 3.63) is 29.6 Å². The van der Waals surface area contributed by atoms with Gasteiger partial charge in [0, 0.05) is 12.0 Å². The maximum atomic E-state index is 11.5. The zero-order valence-electron chi connectivity index (χ0n) is 12.4. The fourth-order valence-electron chi connectivity index (χ4n) is 3.36. The van der Waals surface area contributed by atoms with Crippen LogP contribution < -0.4 is 11.1 Å². The number of hydrogen-bond donors (Lipinski definition) is 3. The number of benzene rings is 1. The maximum Gasteiger partial charge on any atom is 0.250 e. The normalized spacial score (nSPS) is 22.5. The monoisotopic (exact) mass is 286 g/mol. The number of para-hydroxylation sites is 1. The number of aromatic nitrogens is 2. The average Bonchev–Trinajstić information content (AvgIpc) is 2.91. The van der Waals surface area contributed by atoms with Gasteiger partial charge in [0.05, 0.1) is 11.1 Å². The summed E-state index contributed by atoms with van der Waals surface area (Å²) < 4.78 is 0. The lowest BCUT2D eigenvalue weighted by atomic mass is 9.85. The van der Waals surface area contributed by atoms with E-state index in [-0.39, 0.29) is 0 Å². The Morgan fingerprint density at radius 3 is 3.10 bits per heavy atom. The minimum absolute atomic E-state index is 0.423. The molecule has 5 heteroatoms. The van der Waals surface area contributed by atoms with Gasteiger partial charge in [-0.05, 0) is 37.9 Å². The Kier molecular flexibility index (Phi) is 3.92. The highest BCUT2D eigenvalue weighted by Gasteiger charge is 2.25. The molecule has 0 aliphatic heterocycles. The fourth-order valence-corrected chi connectivity index (χ4v) is 3.36. The van der Waals surface area contributed by atoms with E-state index >= 15 is 0 Å². The van der Waals surface area contributed by atoms with Crippen LogP contribution in [0.3, 0.4) is 0 Å². The molecule has 0 spiro atoms. The van der Waals surface area contributed by atoms with E-state index in [2.05, 4.69) is 22.2 Å².